The fraction of sp³-hybridized carbons (Fsp3) is 0.333. The molecular formula is C18H21Cl2Ti-. The van der Waals surface area contributed by atoms with E-state index in [1.807, 2.05) is 0 Å². The van der Waals surface area contributed by atoms with Crippen LogP contribution >= 0.6 is 24.8 Å². The standard InChI is InChI=1S/C18H19.2ClH.Ti/c1-12-11-18(4,14(3)13(12)2)17-10-9-15-7-5-6-8-16(15)17;;;/h5-10,17H,1-4H3;2*1H;/q-1;;;. The minimum absolute atomic E-state index is 0. The topological polar surface area (TPSA) is 0 Å². The zero-order valence-corrected chi connectivity index (χ0v) is 16.1. The van der Waals surface area contributed by atoms with Crippen LogP contribution in [0.2, 0.25) is 0 Å². The van der Waals surface area contributed by atoms with Crippen molar-refractivity contribution in [2.45, 2.75) is 33.6 Å². The molecule has 0 saturated carbocycles. The maximum absolute atomic E-state index is 3.70. The van der Waals surface area contributed by atoms with Crippen LogP contribution in [0.25, 0.3) is 6.08 Å². The Hall–Kier alpha value is -0.266. The van der Waals surface area contributed by atoms with Crippen molar-refractivity contribution in [1.82, 2.24) is 0 Å². The third kappa shape index (κ3) is 3.10. The Morgan fingerprint density at radius 3 is 2.24 bits per heavy atom. The van der Waals surface area contributed by atoms with Crippen molar-refractivity contribution in [3.8, 4) is 0 Å². The van der Waals surface area contributed by atoms with Crippen LogP contribution in [0.5, 0.6) is 0 Å². The molecule has 112 valence electrons. The summed E-state index contributed by atoms with van der Waals surface area (Å²) in [5.74, 6) is 0.432. The van der Waals surface area contributed by atoms with Crippen LogP contribution in [0.3, 0.4) is 0 Å². The van der Waals surface area contributed by atoms with E-state index in [2.05, 4.69) is 70.2 Å². The molecule has 0 nitrogen and oxygen atoms in total. The zero-order chi connectivity index (χ0) is 12.9. The largest absolute Gasteiger partial charge is 0.262 e. The fourth-order valence-corrected chi connectivity index (χ4v) is 3.31. The van der Waals surface area contributed by atoms with Crippen LogP contribution in [0, 0.1) is 11.5 Å². The molecule has 0 radical (unpaired) electrons. The fourth-order valence-electron chi connectivity index (χ4n) is 3.31. The van der Waals surface area contributed by atoms with Crippen molar-refractivity contribution in [3.63, 3.8) is 0 Å². The third-order valence-corrected chi connectivity index (χ3v) is 4.77. The first-order chi connectivity index (χ1) is 8.54. The minimum atomic E-state index is 0. The average molecular weight is 356 g/mol. The van der Waals surface area contributed by atoms with Gasteiger partial charge in [0, 0.05) is 21.7 Å². The average Bonchev–Trinajstić information content (AvgIpc) is 2.87. The first-order valence-corrected chi connectivity index (χ1v) is 6.61. The molecule has 1 aromatic rings. The van der Waals surface area contributed by atoms with Crippen LogP contribution in [0.4, 0.5) is 0 Å². The number of hydrogen-bond acceptors (Lipinski definition) is 0. The van der Waals surface area contributed by atoms with E-state index in [4.69, 9.17) is 0 Å². The second kappa shape index (κ2) is 7.33. The van der Waals surface area contributed by atoms with E-state index in [-0.39, 0.29) is 51.9 Å². The minimum Gasteiger partial charge on any atom is -0.262 e. The van der Waals surface area contributed by atoms with E-state index in [0.717, 1.165) is 0 Å². The molecule has 21 heavy (non-hydrogen) atoms. The van der Waals surface area contributed by atoms with Gasteiger partial charge in [-0.25, -0.2) is 5.57 Å². The van der Waals surface area contributed by atoms with Crippen molar-refractivity contribution < 1.29 is 21.7 Å². The molecule has 0 heterocycles. The molecule has 3 heteroatoms. The summed E-state index contributed by atoms with van der Waals surface area (Å²) < 4.78 is 0. The summed E-state index contributed by atoms with van der Waals surface area (Å²) in [6, 6.07) is 8.71. The van der Waals surface area contributed by atoms with E-state index in [9.17, 15) is 0 Å². The van der Waals surface area contributed by atoms with Gasteiger partial charge in [0.15, 0.2) is 0 Å². The van der Waals surface area contributed by atoms with Crippen LogP contribution < -0.4 is 0 Å². The number of halogens is 2. The molecular weight excluding hydrogens is 335 g/mol. The molecule has 0 N–H and O–H groups in total. The monoisotopic (exact) mass is 355 g/mol. The van der Waals surface area contributed by atoms with Crippen molar-refractivity contribution in [2.24, 2.45) is 5.41 Å². The van der Waals surface area contributed by atoms with Crippen LogP contribution in [-0.4, -0.2) is 0 Å². The van der Waals surface area contributed by atoms with Gasteiger partial charge in [-0.3, -0.25) is 6.08 Å². The van der Waals surface area contributed by atoms with Gasteiger partial charge in [-0.15, -0.1) is 31.7 Å². The molecule has 0 aromatic heterocycles. The van der Waals surface area contributed by atoms with Crippen molar-refractivity contribution in [3.05, 3.63) is 64.3 Å². The van der Waals surface area contributed by atoms with Gasteiger partial charge in [0.25, 0.3) is 0 Å². The summed E-state index contributed by atoms with van der Waals surface area (Å²) >= 11 is 0. The maximum Gasteiger partial charge on any atom is 0 e. The van der Waals surface area contributed by atoms with Gasteiger partial charge in [-0.2, -0.15) is 11.1 Å². The first-order valence-electron chi connectivity index (χ1n) is 6.61. The van der Waals surface area contributed by atoms with Crippen molar-refractivity contribution in [1.29, 1.82) is 0 Å². The van der Waals surface area contributed by atoms with Crippen LogP contribution in [-0.2, 0) is 21.7 Å². The first kappa shape index (κ1) is 20.7. The molecule has 3 rings (SSSR count). The molecule has 0 amide bonds. The molecule has 2 atom stereocenters. The Morgan fingerprint density at radius 2 is 1.67 bits per heavy atom. The molecule has 2 unspecified atom stereocenters. The van der Waals surface area contributed by atoms with E-state index in [1.165, 1.54) is 27.8 Å². The molecule has 0 aliphatic heterocycles. The quantitative estimate of drug-likeness (QED) is 0.444. The molecule has 2 aliphatic carbocycles. The summed E-state index contributed by atoms with van der Waals surface area (Å²) in [5.41, 5.74) is 7.02. The summed E-state index contributed by atoms with van der Waals surface area (Å²) in [4.78, 5) is 0. The van der Waals surface area contributed by atoms with Crippen LogP contribution in [0.15, 0.2) is 47.1 Å². The van der Waals surface area contributed by atoms with E-state index >= 15 is 0 Å². The van der Waals surface area contributed by atoms with Gasteiger partial charge in [0.2, 0.25) is 0 Å². The van der Waals surface area contributed by atoms with E-state index < -0.39 is 0 Å². The summed E-state index contributed by atoms with van der Waals surface area (Å²) in [5, 5.41) is 0. The number of fused-ring (bicyclic) bond motifs is 1. The Morgan fingerprint density at radius 1 is 1.05 bits per heavy atom. The van der Waals surface area contributed by atoms with Gasteiger partial charge in [0.05, 0.1) is 0 Å². The molecule has 0 bridgehead atoms. The van der Waals surface area contributed by atoms with Crippen LogP contribution in [0.1, 0.15) is 44.7 Å². The predicted octanol–water partition coefficient (Wildman–Crippen LogP) is 5.74. The van der Waals surface area contributed by atoms with Crippen molar-refractivity contribution >= 4 is 30.9 Å². The zero-order valence-electron chi connectivity index (χ0n) is 12.9. The SMILES string of the molecule is CC1=[C-]C(C)(C2C=Cc3ccccc32)C(C)=C1C.Cl.Cl.[Ti]. The summed E-state index contributed by atoms with van der Waals surface area (Å²) in [6.45, 7) is 8.97. The number of allylic oxidation sites excluding steroid dienone is 5. The second-order valence-corrected chi connectivity index (χ2v) is 5.67. The summed E-state index contributed by atoms with van der Waals surface area (Å²) in [6.07, 6.45) is 8.30. The molecule has 2 aliphatic rings. The van der Waals surface area contributed by atoms with Gasteiger partial charge >= 0.3 is 0 Å². The van der Waals surface area contributed by atoms with Gasteiger partial charge in [-0.1, -0.05) is 62.6 Å². The number of hydrogen-bond donors (Lipinski definition) is 0. The van der Waals surface area contributed by atoms with E-state index in [1.54, 1.807) is 0 Å². The number of rotatable bonds is 1. The Bertz CT molecular complexity index is 613. The molecule has 0 spiro atoms. The maximum atomic E-state index is 3.70. The molecule has 0 fully saturated rings. The molecule has 0 saturated heterocycles. The summed E-state index contributed by atoms with van der Waals surface area (Å²) in [7, 11) is 0. The van der Waals surface area contributed by atoms with Gasteiger partial charge < -0.3 is 0 Å². The van der Waals surface area contributed by atoms with Crippen molar-refractivity contribution in [2.75, 3.05) is 0 Å². The molecule has 1 aromatic carbocycles. The van der Waals surface area contributed by atoms with Gasteiger partial charge in [0.1, 0.15) is 0 Å². The predicted molar refractivity (Wildman–Crippen MR) is 91.6 cm³/mol. The normalized spacial score (nSPS) is 25.5. The number of benzene rings is 1. The Labute approximate surface area is 155 Å². The second-order valence-electron chi connectivity index (χ2n) is 5.67. The smallest absolute Gasteiger partial charge is 0 e. The Balaban J connectivity index is 0.00000133. The van der Waals surface area contributed by atoms with Gasteiger partial charge in [-0.05, 0) is 17.0 Å². The third-order valence-electron chi connectivity index (χ3n) is 4.77. The Kier molecular flexibility index (Phi) is 7.24. The van der Waals surface area contributed by atoms with E-state index in [0.29, 0.717) is 5.92 Å².